The molecule has 1 heterocycles. The Hall–Kier alpha value is -1.84. The van der Waals surface area contributed by atoms with Crippen LogP contribution in [0.1, 0.15) is 19.8 Å². The molecule has 0 amide bonds. The monoisotopic (exact) mass is 248 g/mol. The Morgan fingerprint density at radius 1 is 1.50 bits per heavy atom. The number of rotatable bonds is 4. The van der Waals surface area contributed by atoms with Gasteiger partial charge in [-0.3, -0.25) is 4.79 Å². The Morgan fingerprint density at radius 3 is 2.89 bits per heavy atom. The molecule has 1 aliphatic carbocycles. The van der Waals surface area contributed by atoms with E-state index in [4.69, 9.17) is 9.47 Å². The highest BCUT2D eigenvalue weighted by Crippen LogP contribution is 2.29. The number of allylic oxidation sites excluding steroid dienone is 2. The van der Waals surface area contributed by atoms with E-state index in [1.807, 2.05) is 18.2 Å². The summed E-state index contributed by atoms with van der Waals surface area (Å²) in [5, 5.41) is 0. The zero-order valence-electron chi connectivity index (χ0n) is 10.3. The first-order chi connectivity index (χ1) is 8.74. The smallest absolute Gasteiger partial charge is 0.337 e. The zero-order chi connectivity index (χ0) is 13.0. The topological polar surface area (TPSA) is 52.6 Å². The van der Waals surface area contributed by atoms with Gasteiger partial charge in [0.25, 0.3) is 0 Å². The van der Waals surface area contributed by atoms with Crippen molar-refractivity contribution in [2.45, 2.75) is 25.9 Å². The second-order valence-electron chi connectivity index (χ2n) is 4.22. The Kier molecular flexibility index (Phi) is 3.97. The van der Waals surface area contributed by atoms with Gasteiger partial charge in [0, 0.05) is 12.3 Å². The van der Waals surface area contributed by atoms with Crippen molar-refractivity contribution in [1.29, 1.82) is 0 Å². The van der Waals surface area contributed by atoms with E-state index in [0.29, 0.717) is 25.0 Å². The fraction of sp³-hybridized carbons (Fsp3) is 0.429. The molecule has 2 rings (SSSR count). The molecule has 4 nitrogen and oxygen atoms in total. The lowest BCUT2D eigenvalue weighted by molar-refractivity contribution is -0.138. The van der Waals surface area contributed by atoms with Crippen molar-refractivity contribution in [2.75, 3.05) is 6.61 Å². The van der Waals surface area contributed by atoms with Gasteiger partial charge in [0.2, 0.25) is 0 Å². The summed E-state index contributed by atoms with van der Waals surface area (Å²) in [4.78, 5) is 22.1. The van der Waals surface area contributed by atoms with Crippen LogP contribution >= 0.6 is 0 Å². The van der Waals surface area contributed by atoms with Crippen LogP contribution in [0, 0.1) is 5.92 Å². The molecule has 0 radical (unpaired) electrons. The summed E-state index contributed by atoms with van der Waals surface area (Å²) in [6.45, 7) is 2.16. The maximum absolute atomic E-state index is 11.5. The first kappa shape index (κ1) is 12.6. The molecule has 0 bridgehead atoms. The van der Waals surface area contributed by atoms with E-state index in [-0.39, 0.29) is 18.0 Å². The molecule has 2 aliphatic rings. The quantitative estimate of drug-likeness (QED) is 0.563. The SMILES string of the molecule is CCOC(=O)C1=CC[C@@H](C2=CC[C@@H](C=O)O2)C=C1. The lowest BCUT2D eigenvalue weighted by Gasteiger charge is -2.17. The molecule has 0 N–H and O–H groups in total. The maximum atomic E-state index is 11.5. The highest BCUT2D eigenvalue weighted by Gasteiger charge is 2.24. The highest BCUT2D eigenvalue weighted by atomic mass is 16.5. The Morgan fingerprint density at radius 2 is 2.33 bits per heavy atom. The van der Waals surface area contributed by atoms with Crippen LogP contribution in [-0.4, -0.2) is 25.0 Å². The van der Waals surface area contributed by atoms with Gasteiger partial charge in [-0.05, 0) is 19.4 Å². The van der Waals surface area contributed by atoms with E-state index in [0.717, 1.165) is 12.0 Å². The van der Waals surface area contributed by atoms with E-state index in [9.17, 15) is 9.59 Å². The van der Waals surface area contributed by atoms with Crippen molar-refractivity contribution in [1.82, 2.24) is 0 Å². The Balaban J connectivity index is 1.93. The number of hydrogen-bond donors (Lipinski definition) is 0. The third kappa shape index (κ3) is 2.70. The van der Waals surface area contributed by atoms with E-state index in [1.165, 1.54) is 0 Å². The van der Waals surface area contributed by atoms with Gasteiger partial charge >= 0.3 is 5.97 Å². The molecule has 18 heavy (non-hydrogen) atoms. The summed E-state index contributed by atoms with van der Waals surface area (Å²) >= 11 is 0. The van der Waals surface area contributed by atoms with E-state index in [2.05, 4.69) is 0 Å². The predicted molar refractivity (Wildman–Crippen MR) is 65.6 cm³/mol. The van der Waals surface area contributed by atoms with Gasteiger partial charge in [-0.25, -0.2) is 4.79 Å². The highest BCUT2D eigenvalue weighted by molar-refractivity contribution is 5.91. The molecule has 0 fully saturated rings. The van der Waals surface area contributed by atoms with Gasteiger partial charge in [-0.2, -0.15) is 0 Å². The standard InChI is InChI=1S/C14H16O4/c1-2-17-14(16)11-5-3-10(4-6-11)13-8-7-12(9-15)18-13/h3,5-6,8-10,12H,2,4,7H2,1H3/t10-,12-/m0/s1. The number of carbonyl (C=O) groups excluding carboxylic acids is 2. The molecule has 0 spiro atoms. The minimum atomic E-state index is -0.344. The fourth-order valence-corrected chi connectivity index (χ4v) is 2.02. The number of carbonyl (C=O) groups is 2. The summed E-state index contributed by atoms with van der Waals surface area (Å²) in [7, 11) is 0. The Labute approximate surface area is 106 Å². The second kappa shape index (κ2) is 5.67. The van der Waals surface area contributed by atoms with Gasteiger partial charge in [-0.1, -0.05) is 18.2 Å². The van der Waals surface area contributed by atoms with Crippen LogP contribution in [0.25, 0.3) is 0 Å². The average Bonchev–Trinajstić information content (AvgIpc) is 2.88. The molecule has 0 aromatic rings. The minimum absolute atomic E-state index is 0.119. The number of esters is 1. The molecule has 4 heteroatoms. The zero-order valence-corrected chi connectivity index (χ0v) is 10.3. The lowest BCUT2D eigenvalue weighted by atomic mass is 9.95. The van der Waals surface area contributed by atoms with Gasteiger partial charge in [0.15, 0.2) is 12.4 Å². The van der Waals surface area contributed by atoms with E-state index >= 15 is 0 Å². The Bertz CT molecular complexity index is 431. The average molecular weight is 248 g/mol. The molecular weight excluding hydrogens is 232 g/mol. The van der Waals surface area contributed by atoms with Gasteiger partial charge in [0.1, 0.15) is 5.76 Å². The second-order valence-corrected chi connectivity index (χ2v) is 4.22. The first-order valence-electron chi connectivity index (χ1n) is 6.12. The third-order valence-electron chi connectivity index (χ3n) is 2.97. The lowest BCUT2D eigenvalue weighted by Crippen LogP contribution is -2.13. The predicted octanol–water partition coefficient (Wildman–Crippen LogP) is 1.92. The van der Waals surface area contributed by atoms with Crippen LogP contribution in [0.3, 0.4) is 0 Å². The fourth-order valence-electron chi connectivity index (χ4n) is 2.02. The molecule has 0 saturated heterocycles. The van der Waals surface area contributed by atoms with Gasteiger partial charge < -0.3 is 9.47 Å². The number of aldehydes is 1. The normalized spacial score (nSPS) is 26.1. The molecule has 0 saturated carbocycles. The van der Waals surface area contributed by atoms with Crippen LogP contribution in [0.5, 0.6) is 0 Å². The van der Waals surface area contributed by atoms with Crippen molar-refractivity contribution in [2.24, 2.45) is 5.92 Å². The molecule has 1 aliphatic heterocycles. The van der Waals surface area contributed by atoms with E-state index in [1.54, 1.807) is 13.0 Å². The van der Waals surface area contributed by atoms with Crippen LogP contribution in [0.15, 0.2) is 35.6 Å². The molecule has 96 valence electrons. The summed E-state index contributed by atoms with van der Waals surface area (Å²) in [6.07, 6.45) is 9.27. The molecule has 0 unspecified atom stereocenters. The van der Waals surface area contributed by atoms with Crippen molar-refractivity contribution in [3.8, 4) is 0 Å². The molecule has 0 aromatic heterocycles. The largest absolute Gasteiger partial charge is 0.487 e. The van der Waals surface area contributed by atoms with E-state index < -0.39 is 0 Å². The third-order valence-corrected chi connectivity index (χ3v) is 2.97. The van der Waals surface area contributed by atoms with Gasteiger partial charge in [-0.15, -0.1) is 0 Å². The van der Waals surface area contributed by atoms with Gasteiger partial charge in [0.05, 0.1) is 12.2 Å². The summed E-state index contributed by atoms with van der Waals surface area (Å²) in [5.41, 5.74) is 0.582. The van der Waals surface area contributed by atoms with Crippen LogP contribution < -0.4 is 0 Å². The van der Waals surface area contributed by atoms with Crippen molar-refractivity contribution < 1.29 is 19.1 Å². The first-order valence-corrected chi connectivity index (χ1v) is 6.12. The number of hydrogen-bond acceptors (Lipinski definition) is 4. The van der Waals surface area contributed by atoms with Crippen molar-refractivity contribution in [3.63, 3.8) is 0 Å². The molecular formula is C14H16O4. The van der Waals surface area contributed by atoms with Crippen LogP contribution in [-0.2, 0) is 19.1 Å². The number of ether oxygens (including phenoxy) is 2. The minimum Gasteiger partial charge on any atom is -0.487 e. The molecule has 2 atom stereocenters. The summed E-state index contributed by atoms with van der Waals surface area (Å²) < 4.78 is 10.4. The molecule has 0 aromatic carbocycles. The summed E-state index contributed by atoms with van der Waals surface area (Å²) in [6, 6.07) is 0. The maximum Gasteiger partial charge on any atom is 0.337 e. The summed E-state index contributed by atoms with van der Waals surface area (Å²) in [5.74, 6) is 0.648. The van der Waals surface area contributed by atoms with Crippen molar-refractivity contribution in [3.05, 3.63) is 35.6 Å². The van der Waals surface area contributed by atoms with Crippen LogP contribution in [0.2, 0.25) is 0 Å². The van der Waals surface area contributed by atoms with Crippen molar-refractivity contribution >= 4 is 12.3 Å². The van der Waals surface area contributed by atoms with Crippen LogP contribution in [0.4, 0.5) is 0 Å².